The van der Waals surface area contributed by atoms with Crippen molar-refractivity contribution < 1.29 is 4.74 Å². The van der Waals surface area contributed by atoms with E-state index in [1.54, 1.807) is 13.3 Å². The van der Waals surface area contributed by atoms with Crippen molar-refractivity contribution in [2.45, 2.75) is 32.6 Å². The molecule has 0 atom stereocenters. The summed E-state index contributed by atoms with van der Waals surface area (Å²) in [5.74, 6) is 0.681. The summed E-state index contributed by atoms with van der Waals surface area (Å²) in [6, 6.07) is 21.6. The predicted molar refractivity (Wildman–Crippen MR) is 104 cm³/mol. The van der Waals surface area contributed by atoms with Gasteiger partial charge < -0.3 is 4.74 Å². The molecule has 0 saturated heterocycles. The molecule has 0 radical (unpaired) electrons. The topological polar surface area (TPSA) is 22.1 Å². The van der Waals surface area contributed by atoms with Gasteiger partial charge in [-0.1, -0.05) is 61.9 Å². The summed E-state index contributed by atoms with van der Waals surface area (Å²) in [5, 5.41) is 0. The van der Waals surface area contributed by atoms with Gasteiger partial charge in [0.25, 0.3) is 0 Å². The summed E-state index contributed by atoms with van der Waals surface area (Å²) in [6.45, 7) is 2.23. The molecule has 0 spiro atoms. The number of hydrogen-bond acceptors (Lipinski definition) is 2. The molecule has 0 saturated carbocycles. The Hall–Kier alpha value is -2.61. The molecule has 2 aromatic carbocycles. The number of aryl methyl sites for hydroxylation is 1. The lowest BCUT2D eigenvalue weighted by molar-refractivity contribution is 0.399. The van der Waals surface area contributed by atoms with Crippen molar-refractivity contribution in [3.8, 4) is 17.0 Å². The first-order chi connectivity index (χ1) is 12.3. The standard InChI is InChI=1S/C23H25NO/c1-3-4-9-19-15-20(14-18-10-6-5-7-11-18)17-21(16-19)22-12-8-13-24-23(22)25-2/h5-8,10-13,15-17H,3-4,9,14H2,1-2H3. The lowest BCUT2D eigenvalue weighted by Gasteiger charge is -2.12. The second-order valence-corrected chi connectivity index (χ2v) is 6.36. The average molecular weight is 331 g/mol. The minimum atomic E-state index is 0.681. The predicted octanol–water partition coefficient (Wildman–Crippen LogP) is 5.69. The number of benzene rings is 2. The molecule has 2 nitrogen and oxygen atoms in total. The molecule has 0 unspecified atom stereocenters. The SMILES string of the molecule is CCCCc1cc(Cc2ccccc2)cc(-c2cccnc2OC)c1. The normalized spacial score (nSPS) is 10.6. The van der Waals surface area contributed by atoms with Crippen LogP contribution in [0.15, 0.2) is 66.9 Å². The Morgan fingerprint density at radius 2 is 1.68 bits per heavy atom. The van der Waals surface area contributed by atoms with E-state index >= 15 is 0 Å². The van der Waals surface area contributed by atoms with Crippen molar-refractivity contribution in [1.82, 2.24) is 4.98 Å². The third-order valence-electron chi connectivity index (χ3n) is 4.40. The number of nitrogens with zero attached hydrogens (tertiary/aromatic N) is 1. The van der Waals surface area contributed by atoms with Crippen LogP contribution in [-0.4, -0.2) is 12.1 Å². The smallest absolute Gasteiger partial charge is 0.221 e. The molecule has 1 aromatic heterocycles. The van der Waals surface area contributed by atoms with Crippen molar-refractivity contribution >= 4 is 0 Å². The number of pyridine rings is 1. The van der Waals surface area contributed by atoms with E-state index in [2.05, 4.69) is 66.5 Å². The molecule has 0 aliphatic heterocycles. The summed E-state index contributed by atoms with van der Waals surface area (Å²) in [7, 11) is 1.68. The van der Waals surface area contributed by atoms with Crippen LogP contribution in [0.5, 0.6) is 5.88 Å². The average Bonchev–Trinajstić information content (AvgIpc) is 2.67. The largest absolute Gasteiger partial charge is 0.481 e. The fraction of sp³-hybridized carbons (Fsp3) is 0.261. The first-order valence-electron chi connectivity index (χ1n) is 8.96. The minimum absolute atomic E-state index is 0.681. The Morgan fingerprint density at radius 1 is 0.880 bits per heavy atom. The molecule has 0 fully saturated rings. The van der Waals surface area contributed by atoms with E-state index in [1.807, 2.05) is 6.07 Å². The summed E-state index contributed by atoms with van der Waals surface area (Å²) >= 11 is 0. The highest BCUT2D eigenvalue weighted by Crippen LogP contribution is 2.30. The van der Waals surface area contributed by atoms with Crippen molar-refractivity contribution in [1.29, 1.82) is 0 Å². The summed E-state index contributed by atoms with van der Waals surface area (Å²) in [4.78, 5) is 4.36. The minimum Gasteiger partial charge on any atom is -0.481 e. The maximum atomic E-state index is 5.47. The van der Waals surface area contributed by atoms with Crippen LogP contribution in [0, 0.1) is 0 Å². The molecule has 2 heteroatoms. The van der Waals surface area contributed by atoms with E-state index in [0.717, 1.165) is 18.4 Å². The fourth-order valence-corrected chi connectivity index (χ4v) is 3.15. The zero-order chi connectivity index (χ0) is 17.5. The first kappa shape index (κ1) is 17.2. The molecule has 3 rings (SSSR count). The zero-order valence-electron chi connectivity index (χ0n) is 15.0. The van der Waals surface area contributed by atoms with Gasteiger partial charge in [0.1, 0.15) is 0 Å². The van der Waals surface area contributed by atoms with Gasteiger partial charge in [0, 0.05) is 11.8 Å². The number of aromatic nitrogens is 1. The molecule has 0 amide bonds. The lowest BCUT2D eigenvalue weighted by atomic mass is 9.95. The molecule has 0 aliphatic carbocycles. The van der Waals surface area contributed by atoms with E-state index in [0.29, 0.717) is 5.88 Å². The van der Waals surface area contributed by atoms with E-state index < -0.39 is 0 Å². The third kappa shape index (κ3) is 4.48. The van der Waals surface area contributed by atoms with Crippen molar-refractivity contribution in [3.63, 3.8) is 0 Å². The van der Waals surface area contributed by atoms with Gasteiger partial charge in [-0.2, -0.15) is 0 Å². The van der Waals surface area contributed by atoms with Gasteiger partial charge >= 0.3 is 0 Å². The van der Waals surface area contributed by atoms with E-state index in [1.165, 1.54) is 35.1 Å². The van der Waals surface area contributed by atoms with Crippen molar-refractivity contribution in [2.75, 3.05) is 7.11 Å². The summed E-state index contributed by atoms with van der Waals surface area (Å²) < 4.78 is 5.47. The quantitative estimate of drug-likeness (QED) is 0.555. The third-order valence-corrected chi connectivity index (χ3v) is 4.40. The Balaban J connectivity index is 2.00. The summed E-state index contributed by atoms with van der Waals surface area (Å²) in [6.07, 6.45) is 6.23. The number of rotatable bonds is 7. The molecule has 0 bridgehead atoms. The highest BCUT2D eigenvalue weighted by atomic mass is 16.5. The van der Waals surface area contributed by atoms with E-state index in [4.69, 9.17) is 4.74 Å². The molecule has 3 aromatic rings. The van der Waals surface area contributed by atoms with E-state index in [9.17, 15) is 0 Å². The van der Waals surface area contributed by atoms with Crippen LogP contribution >= 0.6 is 0 Å². The molecule has 1 heterocycles. The Morgan fingerprint density at radius 3 is 2.44 bits per heavy atom. The molecular formula is C23H25NO. The van der Waals surface area contributed by atoms with Crippen LogP contribution in [-0.2, 0) is 12.8 Å². The molecular weight excluding hydrogens is 306 g/mol. The van der Waals surface area contributed by atoms with Crippen LogP contribution in [0.25, 0.3) is 11.1 Å². The van der Waals surface area contributed by atoms with Gasteiger partial charge in [0.15, 0.2) is 0 Å². The number of methoxy groups -OCH3 is 1. The monoisotopic (exact) mass is 331 g/mol. The van der Waals surface area contributed by atoms with Crippen LogP contribution in [0.1, 0.15) is 36.5 Å². The highest BCUT2D eigenvalue weighted by Gasteiger charge is 2.09. The molecule has 128 valence electrons. The van der Waals surface area contributed by atoms with Gasteiger partial charge in [0.2, 0.25) is 5.88 Å². The number of hydrogen-bond donors (Lipinski definition) is 0. The van der Waals surface area contributed by atoms with Crippen molar-refractivity contribution in [3.05, 3.63) is 83.6 Å². The van der Waals surface area contributed by atoms with Crippen LogP contribution in [0.2, 0.25) is 0 Å². The molecule has 25 heavy (non-hydrogen) atoms. The summed E-state index contributed by atoms with van der Waals surface area (Å²) in [5.41, 5.74) is 6.29. The number of ether oxygens (including phenoxy) is 1. The van der Waals surface area contributed by atoms with E-state index in [-0.39, 0.29) is 0 Å². The second-order valence-electron chi connectivity index (χ2n) is 6.36. The van der Waals surface area contributed by atoms with Gasteiger partial charge in [0.05, 0.1) is 7.11 Å². The number of unbranched alkanes of at least 4 members (excludes halogenated alkanes) is 1. The van der Waals surface area contributed by atoms with Gasteiger partial charge in [-0.15, -0.1) is 0 Å². The molecule has 0 aliphatic rings. The second kappa shape index (κ2) is 8.48. The lowest BCUT2D eigenvalue weighted by Crippen LogP contribution is -1.96. The zero-order valence-corrected chi connectivity index (χ0v) is 15.0. The van der Waals surface area contributed by atoms with Crippen LogP contribution in [0.4, 0.5) is 0 Å². The van der Waals surface area contributed by atoms with Crippen molar-refractivity contribution in [2.24, 2.45) is 0 Å². The Bertz CT molecular complexity index is 811. The Labute approximate surface area is 150 Å². The van der Waals surface area contributed by atoms with Crippen LogP contribution < -0.4 is 4.74 Å². The molecule has 0 N–H and O–H groups in total. The Kier molecular flexibility index (Phi) is 5.84. The maximum absolute atomic E-state index is 5.47. The maximum Gasteiger partial charge on any atom is 0.221 e. The van der Waals surface area contributed by atoms with Crippen LogP contribution in [0.3, 0.4) is 0 Å². The highest BCUT2D eigenvalue weighted by molar-refractivity contribution is 5.70. The van der Waals surface area contributed by atoms with Gasteiger partial charge in [-0.05, 0) is 53.6 Å². The van der Waals surface area contributed by atoms with Gasteiger partial charge in [-0.3, -0.25) is 0 Å². The fourth-order valence-electron chi connectivity index (χ4n) is 3.15. The first-order valence-corrected chi connectivity index (χ1v) is 8.96. The van der Waals surface area contributed by atoms with Gasteiger partial charge in [-0.25, -0.2) is 4.98 Å².